The minimum absolute atomic E-state index is 0.0553. The monoisotopic (exact) mass is 411 g/mol. The van der Waals surface area contributed by atoms with Crippen molar-refractivity contribution in [1.29, 1.82) is 0 Å². The zero-order valence-corrected chi connectivity index (χ0v) is 16.2. The van der Waals surface area contributed by atoms with Crippen LogP contribution >= 0.6 is 15.9 Å². The molecule has 1 heterocycles. The summed E-state index contributed by atoms with van der Waals surface area (Å²) in [5.41, 5.74) is 2.82. The average Bonchev–Trinajstić information content (AvgIpc) is 2.98. The van der Waals surface area contributed by atoms with Crippen molar-refractivity contribution in [2.45, 2.75) is 13.1 Å². The maximum atomic E-state index is 12.9. The molecule has 3 aromatic rings. The van der Waals surface area contributed by atoms with Crippen molar-refractivity contribution in [1.82, 2.24) is 4.90 Å². The van der Waals surface area contributed by atoms with Crippen LogP contribution in [-0.4, -0.2) is 25.0 Å². The van der Waals surface area contributed by atoms with E-state index in [0.29, 0.717) is 13.1 Å². The van der Waals surface area contributed by atoms with Gasteiger partial charge in [-0.15, -0.1) is 0 Å². The zero-order chi connectivity index (χ0) is 18.3. The standard InChI is InChI=1S/C21H18BrNO3/c1-25-16-7-4-14(20(10-16)26-2)11-23-12-19-17(21(23)24)8-5-13-3-6-15(22)9-18(13)19/h3-10H,11-12H2,1-2H3. The summed E-state index contributed by atoms with van der Waals surface area (Å²) in [5, 5.41) is 2.26. The quantitative estimate of drug-likeness (QED) is 0.620. The van der Waals surface area contributed by atoms with Crippen LogP contribution in [-0.2, 0) is 13.1 Å². The van der Waals surface area contributed by atoms with Crippen molar-refractivity contribution in [2.75, 3.05) is 14.2 Å². The van der Waals surface area contributed by atoms with Gasteiger partial charge >= 0.3 is 0 Å². The first kappa shape index (κ1) is 16.9. The van der Waals surface area contributed by atoms with Gasteiger partial charge in [-0.2, -0.15) is 0 Å². The van der Waals surface area contributed by atoms with Gasteiger partial charge in [0.05, 0.1) is 14.2 Å². The molecule has 0 aromatic heterocycles. The molecule has 0 unspecified atom stereocenters. The van der Waals surface area contributed by atoms with Gasteiger partial charge in [0.1, 0.15) is 11.5 Å². The van der Waals surface area contributed by atoms with Crippen LogP contribution in [0.4, 0.5) is 0 Å². The van der Waals surface area contributed by atoms with Crippen molar-refractivity contribution in [3.05, 3.63) is 69.7 Å². The molecule has 0 saturated carbocycles. The van der Waals surface area contributed by atoms with E-state index in [1.807, 2.05) is 41.3 Å². The molecule has 5 heteroatoms. The average molecular weight is 412 g/mol. The number of methoxy groups -OCH3 is 2. The lowest BCUT2D eigenvalue weighted by Crippen LogP contribution is -2.23. The van der Waals surface area contributed by atoms with E-state index in [2.05, 4.69) is 28.1 Å². The summed E-state index contributed by atoms with van der Waals surface area (Å²) < 4.78 is 11.7. The van der Waals surface area contributed by atoms with Gasteiger partial charge in [-0.3, -0.25) is 4.79 Å². The number of carbonyl (C=O) groups is 1. The summed E-state index contributed by atoms with van der Waals surface area (Å²) >= 11 is 3.53. The highest BCUT2D eigenvalue weighted by Crippen LogP contribution is 2.34. The van der Waals surface area contributed by atoms with Gasteiger partial charge in [-0.25, -0.2) is 0 Å². The number of fused-ring (bicyclic) bond motifs is 3. The second-order valence-electron chi connectivity index (χ2n) is 6.30. The van der Waals surface area contributed by atoms with Crippen LogP contribution in [0, 0.1) is 0 Å². The molecule has 0 spiro atoms. The Morgan fingerprint density at radius 1 is 1.04 bits per heavy atom. The van der Waals surface area contributed by atoms with Crippen LogP contribution in [0.5, 0.6) is 11.5 Å². The molecule has 1 amide bonds. The van der Waals surface area contributed by atoms with E-state index in [1.165, 1.54) is 0 Å². The predicted octanol–water partition coefficient (Wildman–Crippen LogP) is 4.78. The molecule has 4 nitrogen and oxygen atoms in total. The number of carbonyl (C=O) groups excluding carboxylic acids is 1. The first-order chi connectivity index (χ1) is 12.6. The zero-order valence-electron chi connectivity index (χ0n) is 14.6. The van der Waals surface area contributed by atoms with Crippen molar-refractivity contribution in [3.8, 4) is 11.5 Å². The third-order valence-corrected chi connectivity index (χ3v) is 5.31. The Morgan fingerprint density at radius 3 is 2.62 bits per heavy atom. The molecule has 0 bridgehead atoms. The van der Waals surface area contributed by atoms with E-state index in [1.54, 1.807) is 14.2 Å². The number of benzene rings is 3. The molecule has 0 N–H and O–H groups in total. The molecule has 3 aromatic carbocycles. The molecule has 1 aliphatic heterocycles. The molecular formula is C21H18BrNO3. The molecule has 0 aliphatic carbocycles. The predicted molar refractivity (Wildman–Crippen MR) is 105 cm³/mol. The molecule has 132 valence electrons. The van der Waals surface area contributed by atoms with Gasteiger partial charge in [0.25, 0.3) is 5.91 Å². The summed E-state index contributed by atoms with van der Waals surface area (Å²) in [4.78, 5) is 14.8. The summed E-state index contributed by atoms with van der Waals surface area (Å²) in [7, 11) is 3.25. The highest BCUT2D eigenvalue weighted by atomic mass is 79.9. The highest BCUT2D eigenvalue weighted by molar-refractivity contribution is 9.10. The summed E-state index contributed by atoms with van der Waals surface area (Å²) in [6, 6.07) is 15.8. The minimum Gasteiger partial charge on any atom is -0.497 e. The van der Waals surface area contributed by atoms with Gasteiger partial charge in [-0.1, -0.05) is 28.1 Å². The first-order valence-corrected chi connectivity index (χ1v) is 9.11. The van der Waals surface area contributed by atoms with Crippen molar-refractivity contribution in [2.24, 2.45) is 0 Å². The Morgan fingerprint density at radius 2 is 1.85 bits per heavy atom. The lowest BCUT2D eigenvalue weighted by atomic mass is 10.0. The normalized spacial score (nSPS) is 13.2. The maximum Gasteiger partial charge on any atom is 0.254 e. The number of hydrogen-bond donors (Lipinski definition) is 0. The largest absolute Gasteiger partial charge is 0.497 e. The Kier molecular flexibility index (Phi) is 4.32. The number of amides is 1. The van der Waals surface area contributed by atoms with Crippen LogP contribution < -0.4 is 9.47 Å². The van der Waals surface area contributed by atoms with Crippen molar-refractivity contribution >= 4 is 32.6 Å². The number of halogens is 1. The summed E-state index contributed by atoms with van der Waals surface area (Å²) in [6.07, 6.45) is 0. The molecule has 0 saturated heterocycles. The number of nitrogens with zero attached hydrogens (tertiary/aromatic N) is 1. The van der Waals surface area contributed by atoms with E-state index < -0.39 is 0 Å². The topological polar surface area (TPSA) is 38.8 Å². The SMILES string of the molecule is COc1ccc(CN2Cc3c(ccc4ccc(Br)cc34)C2=O)c(OC)c1. The molecule has 26 heavy (non-hydrogen) atoms. The number of ether oxygens (including phenoxy) is 2. The second kappa shape index (κ2) is 6.65. The Balaban J connectivity index is 1.69. The molecular weight excluding hydrogens is 394 g/mol. The Labute approximate surface area is 160 Å². The molecule has 0 atom stereocenters. The first-order valence-electron chi connectivity index (χ1n) is 8.32. The van der Waals surface area contributed by atoms with Gasteiger partial charge in [-0.05, 0) is 46.7 Å². The van der Waals surface area contributed by atoms with Crippen LogP contribution in [0.1, 0.15) is 21.5 Å². The molecule has 4 rings (SSSR count). The van der Waals surface area contributed by atoms with Gasteiger partial charge < -0.3 is 14.4 Å². The summed E-state index contributed by atoms with van der Waals surface area (Å²) in [5.74, 6) is 1.51. The van der Waals surface area contributed by atoms with Gasteiger partial charge in [0.15, 0.2) is 0 Å². The van der Waals surface area contributed by atoms with Crippen LogP contribution in [0.15, 0.2) is 53.0 Å². The minimum atomic E-state index is 0.0553. The van der Waals surface area contributed by atoms with Crippen molar-refractivity contribution in [3.63, 3.8) is 0 Å². The fraction of sp³-hybridized carbons (Fsp3) is 0.190. The second-order valence-corrected chi connectivity index (χ2v) is 7.21. The van der Waals surface area contributed by atoms with E-state index in [-0.39, 0.29) is 5.91 Å². The molecule has 1 aliphatic rings. The molecule has 0 fully saturated rings. The highest BCUT2D eigenvalue weighted by Gasteiger charge is 2.29. The third-order valence-electron chi connectivity index (χ3n) is 4.82. The molecule has 0 radical (unpaired) electrons. The number of hydrogen-bond acceptors (Lipinski definition) is 3. The summed E-state index contributed by atoms with van der Waals surface area (Å²) in [6.45, 7) is 1.09. The maximum absolute atomic E-state index is 12.9. The van der Waals surface area contributed by atoms with Crippen LogP contribution in [0.3, 0.4) is 0 Å². The van der Waals surface area contributed by atoms with E-state index in [0.717, 1.165) is 43.4 Å². The Bertz CT molecular complexity index is 1020. The van der Waals surface area contributed by atoms with Gasteiger partial charge in [0, 0.05) is 34.8 Å². The Hall–Kier alpha value is -2.53. The van der Waals surface area contributed by atoms with E-state index in [9.17, 15) is 4.79 Å². The number of rotatable bonds is 4. The third kappa shape index (κ3) is 2.82. The van der Waals surface area contributed by atoms with E-state index in [4.69, 9.17) is 9.47 Å². The van der Waals surface area contributed by atoms with Crippen LogP contribution in [0.25, 0.3) is 10.8 Å². The lowest BCUT2D eigenvalue weighted by molar-refractivity contribution is 0.0766. The lowest BCUT2D eigenvalue weighted by Gasteiger charge is -2.18. The van der Waals surface area contributed by atoms with E-state index >= 15 is 0 Å². The van der Waals surface area contributed by atoms with Gasteiger partial charge in [0.2, 0.25) is 0 Å². The van der Waals surface area contributed by atoms with Crippen molar-refractivity contribution < 1.29 is 14.3 Å². The smallest absolute Gasteiger partial charge is 0.254 e. The fourth-order valence-corrected chi connectivity index (χ4v) is 3.83. The van der Waals surface area contributed by atoms with Crippen LogP contribution in [0.2, 0.25) is 0 Å². The fourth-order valence-electron chi connectivity index (χ4n) is 3.47.